The summed E-state index contributed by atoms with van der Waals surface area (Å²) in [5.41, 5.74) is 0. The Morgan fingerprint density at radius 3 is 2.76 bits per heavy atom. The molecule has 0 bridgehead atoms. The van der Waals surface area contributed by atoms with E-state index in [1.54, 1.807) is 10.9 Å². The minimum atomic E-state index is 0.197. The van der Waals surface area contributed by atoms with Gasteiger partial charge in [0.2, 0.25) is 5.91 Å². The van der Waals surface area contributed by atoms with Crippen molar-refractivity contribution in [1.82, 2.24) is 14.7 Å². The van der Waals surface area contributed by atoms with Gasteiger partial charge >= 0.3 is 0 Å². The number of aromatic nitrogens is 2. The third-order valence-corrected chi connectivity index (χ3v) is 3.53. The molecule has 0 unspecified atom stereocenters. The molecule has 1 aromatic rings. The molecule has 0 aliphatic heterocycles. The fourth-order valence-electron chi connectivity index (χ4n) is 2.65. The minimum Gasteiger partial charge on any atom is -0.338 e. The molecule has 1 aliphatic rings. The summed E-state index contributed by atoms with van der Waals surface area (Å²) in [5, 5.41) is 4.09. The van der Waals surface area contributed by atoms with E-state index in [1.807, 2.05) is 17.2 Å². The van der Waals surface area contributed by atoms with Crippen LogP contribution in [0, 0.1) is 0 Å². The zero-order valence-corrected chi connectivity index (χ0v) is 10.5. The Bertz CT molecular complexity index is 342. The average Bonchev–Trinajstić information content (AvgIpc) is 2.84. The van der Waals surface area contributed by atoms with E-state index in [0.717, 1.165) is 6.54 Å². The van der Waals surface area contributed by atoms with Crippen LogP contribution >= 0.6 is 0 Å². The topological polar surface area (TPSA) is 38.1 Å². The molecule has 0 atom stereocenters. The number of carbonyl (C=O) groups is 1. The second-order valence-corrected chi connectivity index (χ2v) is 4.68. The first-order valence-corrected chi connectivity index (χ1v) is 6.58. The molecule has 2 rings (SSSR count). The number of rotatable bonds is 4. The molecule has 0 saturated heterocycles. The third kappa shape index (κ3) is 3.08. The Labute approximate surface area is 103 Å². The maximum atomic E-state index is 12.2. The zero-order chi connectivity index (χ0) is 12.1. The first-order chi connectivity index (χ1) is 8.31. The Hall–Kier alpha value is -1.32. The molecule has 4 heteroatoms. The van der Waals surface area contributed by atoms with E-state index >= 15 is 0 Å². The molecule has 1 aromatic heterocycles. The summed E-state index contributed by atoms with van der Waals surface area (Å²) in [4.78, 5) is 14.2. The lowest BCUT2D eigenvalue weighted by molar-refractivity contribution is -0.134. The molecule has 1 heterocycles. The quantitative estimate of drug-likeness (QED) is 0.801. The Morgan fingerprint density at radius 2 is 2.18 bits per heavy atom. The number of likely N-dealkylation sites (N-methyl/N-ethyl adjacent to an activating group) is 1. The number of hydrogen-bond donors (Lipinski definition) is 0. The van der Waals surface area contributed by atoms with Crippen molar-refractivity contribution in [3.63, 3.8) is 0 Å². The van der Waals surface area contributed by atoms with Gasteiger partial charge in [-0.05, 0) is 25.8 Å². The summed E-state index contributed by atoms with van der Waals surface area (Å²) in [5.74, 6) is 0.197. The fraction of sp³-hybridized carbons (Fsp3) is 0.692. The van der Waals surface area contributed by atoms with Crippen molar-refractivity contribution in [1.29, 1.82) is 0 Å². The van der Waals surface area contributed by atoms with Crippen LogP contribution in [0.5, 0.6) is 0 Å². The van der Waals surface area contributed by atoms with Gasteiger partial charge in [0.1, 0.15) is 6.54 Å². The van der Waals surface area contributed by atoms with E-state index in [4.69, 9.17) is 0 Å². The lowest BCUT2D eigenvalue weighted by atomic mass is 9.94. The molecule has 0 spiro atoms. The van der Waals surface area contributed by atoms with Crippen LogP contribution in [0.25, 0.3) is 0 Å². The average molecular weight is 235 g/mol. The first kappa shape index (κ1) is 12.1. The molecule has 4 nitrogen and oxygen atoms in total. The standard InChI is InChI=1S/C13H21N3O/c1-2-16(12-7-4-3-5-8-12)13(17)11-15-10-6-9-14-15/h6,9-10,12H,2-5,7-8,11H2,1H3. The molecule has 1 aliphatic carbocycles. The van der Waals surface area contributed by atoms with Gasteiger partial charge in [0, 0.05) is 25.0 Å². The van der Waals surface area contributed by atoms with Gasteiger partial charge in [0.25, 0.3) is 0 Å². The SMILES string of the molecule is CCN(C(=O)Cn1cccn1)C1CCCCC1. The van der Waals surface area contributed by atoms with Crippen molar-refractivity contribution < 1.29 is 4.79 Å². The summed E-state index contributed by atoms with van der Waals surface area (Å²) in [6.45, 7) is 3.25. The van der Waals surface area contributed by atoms with Crippen LogP contribution in [0.4, 0.5) is 0 Å². The predicted molar refractivity (Wildman–Crippen MR) is 66.5 cm³/mol. The van der Waals surface area contributed by atoms with Crippen LogP contribution in [0.1, 0.15) is 39.0 Å². The van der Waals surface area contributed by atoms with Crippen molar-refractivity contribution in [2.45, 2.75) is 51.6 Å². The second-order valence-electron chi connectivity index (χ2n) is 4.68. The van der Waals surface area contributed by atoms with E-state index in [-0.39, 0.29) is 5.91 Å². The molecule has 1 fully saturated rings. The van der Waals surface area contributed by atoms with Crippen molar-refractivity contribution in [3.8, 4) is 0 Å². The highest BCUT2D eigenvalue weighted by molar-refractivity contribution is 5.76. The van der Waals surface area contributed by atoms with Gasteiger partial charge in [-0.3, -0.25) is 9.48 Å². The molecule has 1 saturated carbocycles. The molecule has 17 heavy (non-hydrogen) atoms. The third-order valence-electron chi connectivity index (χ3n) is 3.53. The van der Waals surface area contributed by atoms with Gasteiger partial charge in [-0.25, -0.2) is 0 Å². The normalized spacial score (nSPS) is 17.0. The van der Waals surface area contributed by atoms with Gasteiger partial charge in [-0.1, -0.05) is 19.3 Å². The van der Waals surface area contributed by atoms with Gasteiger partial charge in [0.05, 0.1) is 0 Å². The summed E-state index contributed by atoms with van der Waals surface area (Å²) in [6, 6.07) is 2.31. The second kappa shape index (κ2) is 5.84. The van der Waals surface area contributed by atoms with Crippen molar-refractivity contribution in [3.05, 3.63) is 18.5 Å². The van der Waals surface area contributed by atoms with E-state index in [0.29, 0.717) is 12.6 Å². The summed E-state index contributed by atoms with van der Waals surface area (Å²) in [7, 11) is 0. The van der Waals surface area contributed by atoms with Crippen molar-refractivity contribution in [2.24, 2.45) is 0 Å². The predicted octanol–water partition coefficient (Wildman–Crippen LogP) is 2.06. The smallest absolute Gasteiger partial charge is 0.244 e. The molecular formula is C13H21N3O. The number of amides is 1. The van der Waals surface area contributed by atoms with E-state index in [9.17, 15) is 4.79 Å². The maximum Gasteiger partial charge on any atom is 0.244 e. The lowest BCUT2D eigenvalue weighted by Crippen LogP contribution is -2.42. The summed E-state index contributed by atoms with van der Waals surface area (Å²) >= 11 is 0. The Morgan fingerprint density at radius 1 is 1.41 bits per heavy atom. The lowest BCUT2D eigenvalue weighted by Gasteiger charge is -2.33. The number of nitrogens with zero attached hydrogens (tertiary/aromatic N) is 3. The van der Waals surface area contributed by atoms with E-state index < -0.39 is 0 Å². The largest absolute Gasteiger partial charge is 0.338 e. The monoisotopic (exact) mass is 235 g/mol. The van der Waals surface area contributed by atoms with Gasteiger partial charge < -0.3 is 4.90 Å². The molecule has 0 aromatic carbocycles. The zero-order valence-electron chi connectivity index (χ0n) is 10.5. The van der Waals surface area contributed by atoms with Crippen LogP contribution in [0.3, 0.4) is 0 Å². The minimum absolute atomic E-state index is 0.197. The van der Waals surface area contributed by atoms with Gasteiger partial charge in [-0.2, -0.15) is 5.10 Å². The van der Waals surface area contributed by atoms with Crippen LogP contribution in [-0.2, 0) is 11.3 Å². The highest BCUT2D eigenvalue weighted by Gasteiger charge is 2.23. The molecular weight excluding hydrogens is 214 g/mol. The number of carbonyl (C=O) groups excluding carboxylic acids is 1. The highest BCUT2D eigenvalue weighted by atomic mass is 16.2. The van der Waals surface area contributed by atoms with Crippen molar-refractivity contribution >= 4 is 5.91 Å². The molecule has 0 radical (unpaired) electrons. The van der Waals surface area contributed by atoms with E-state index in [2.05, 4.69) is 12.0 Å². The summed E-state index contributed by atoms with van der Waals surface area (Å²) in [6.07, 6.45) is 9.72. The fourth-order valence-corrected chi connectivity index (χ4v) is 2.65. The Balaban J connectivity index is 1.94. The van der Waals surface area contributed by atoms with Crippen LogP contribution in [0.2, 0.25) is 0 Å². The van der Waals surface area contributed by atoms with Crippen molar-refractivity contribution in [2.75, 3.05) is 6.54 Å². The van der Waals surface area contributed by atoms with Crippen LogP contribution < -0.4 is 0 Å². The maximum absolute atomic E-state index is 12.2. The van der Waals surface area contributed by atoms with Crippen LogP contribution in [-0.4, -0.2) is 33.2 Å². The molecule has 0 N–H and O–H groups in total. The highest BCUT2D eigenvalue weighted by Crippen LogP contribution is 2.22. The Kier molecular flexibility index (Phi) is 4.18. The van der Waals surface area contributed by atoms with Crippen LogP contribution in [0.15, 0.2) is 18.5 Å². The number of hydrogen-bond acceptors (Lipinski definition) is 2. The van der Waals surface area contributed by atoms with Gasteiger partial charge in [-0.15, -0.1) is 0 Å². The first-order valence-electron chi connectivity index (χ1n) is 6.58. The molecule has 94 valence electrons. The summed E-state index contributed by atoms with van der Waals surface area (Å²) < 4.78 is 1.70. The van der Waals surface area contributed by atoms with E-state index in [1.165, 1.54) is 32.1 Å². The van der Waals surface area contributed by atoms with Gasteiger partial charge in [0.15, 0.2) is 0 Å². The molecule has 1 amide bonds.